The van der Waals surface area contributed by atoms with E-state index in [9.17, 15) is 0 Å². The fraction of sp³-hybridized carbons (Fsp3) is 0.583. The van der Waals surface area contributed by atoms with Crippen molar-refractivity contribution in [1.82, 2.24) is 14.9 Å². The summed E-state index contributed by atoms with van der Waals surface area (Å²) in [5.41, 5.74) is 5.95. The second-order valence-electron chi connectivity index (χ2n) is 4.70. The van der Waals surface area contributed by atoms with Crippen LogP contribution in [-0.2, 0) is 0 Å². The minimum atomic E-state index is -0.00315. The average molecular weight is 264 g/mol. The molecule has 1 aliphatic heterocycles. The van der Waals surface area contributed by atoms with E-state index in [2.05, 4.69) is 20.0 Å². The molecule has 3 N–H and O–H groups in total. The minimum Gasteiger partial charge on any atom is -0.409 e. The van der Waals surface area contributed by atoms with Crippen LogP contribution in [-0.4, -0.2) is 59.1 Å². The molecule has 0 spiro atoms. The second-order valence-corrected chi connectivity index (χ2v) is 4.70. The van der Waals surface area contributed by atoms with Gasteiger partial charge in [-0.05, 0) is 32.0 Å². The minimum absolute atomic E-state index is 0.00315. The number of nitrogens with two attached hydrogens (primary N) is 1. The molecular weight excluding hydrogens is 244 g/mol. The third kappa shape index (κ3) is 3.54. The Bertz CT molecular complexity index is 444. The summed E-state index contributed by atoms with van der Waals surface area (Å²) in [6.45, 7) is 4.23. The van der Waals surface area contributed by atoms with Crippen molar-refractivity contribution in [1.29, 1.82) is 0 Å². The Morgan fingerprint density at radius 2 is 2.26 bits per heavy atom. The van der Waals surface area contributed by atoms with Gasteiger partial charge in [-0.25, -0.2) is 9.97 Å². The highest BCUT2D eigenvalue weighted by atomic mass is 16.4. The maximum atomic E-state index is 8.65. The highest BCUT2D eigenvalue weighted by Crippen LogP contribution is 2.09. The summed E-state index contributed by atoms with van der Waals surface area (Å²) < 4.78 is 0. The summed E-state index contributed by atoms with van der Waals surface area (Å²) >= 11 is 0. The van der Waals surface area contributed by atoms with Crippen molar-refractivity contribution >= 4 is 11.8 Å². The van der Waals surface area contributed by atoms with Crippen LogP contribution in [0.25, 0.3) is 0 Å². The van der Waals surface area contributed by atoms with Crippen LogP contribution < -0.4 is 10.6 Å². The van der Waals surface area contributed by atoms with Crippen molar-refractivity contribution in [2.45, 2.75) is 12.8 Å². The van der Waals surface area contributed by atoms with Crippen molar-refractivity contribution in [2.24, 2.45) is 10.9 Å². The molecule has 104 valence electrons. The summed E-state index contributed by atoms with van der Waals surface area (Å²) in [5, 5.41) is 11.6. The van der Waals surface area contributed by atoms with Crippen molar-refractivity contribution in [2.75, 3.05) is 38.1 Å². The third-order valence-electron chi connectivity index (χ3n) is 3.30. The number of oxime groups is 1. The Balaban J connectivity index is 1.96. The Kier molecular flexibility index (Phi) is 4.51. The molecule has 0 amide bonds. The first-order valence-corrected chi connectivity index (χ1v) is 6.45. The molecule has 0 saturated carbocycles. The molecular formula is C12H20N6O. The molecule has 0 aromatic carbocycles. The van der Waals surface area contributed by atoms with E-state index in [1.165, 1.54) is 25.9 Å². The number of nitrogens with zero attached hydrogens (tertiary/aromatic N) is 5. The fourth-order valence-electron chi connectivity index (χ4n) is 2.12. The number of aromatic nitrogens is 2. The molecule has 2 heterocycles. The highest BCUT2D eigenvalue weighted by Gasteiger charge is 2.13. The number of likely N-dealkylation sites (N-methyl/N-ethyl adjacent to an activating group) is 1. The summed E-state index contributed by atoms with van der Waals surface area (Å²) in [7, 11) is 1.95. The zero-order chi connectivity index (χ0) is 13.7. The van der Waals surface area contributed by atoms with Crippen molar-refractivity contribution < 1.29 is 5.21 Å². The predicted molar refractivity (Wildman–Crippen MR) is 73.5 cm³/mol. The lowest BCUT2D eigenvalue weighted by Gasteiger charge is -2.21. The van der Waals surface area contributed by atoms with Gasteiger partial charge in [0.2, 0.25) is 5.95 Å². The standard InChI is InChI=1S/C12H20N6O/c1-17(8-9-18-6-2-3-7-18)12-14-5-4-10(15-12)11(13)16-19/h4-5,19H,2-3,6-9H2,1H3,(H2,13,16). The Morgan fingerprint density at radius 3 is 2.95 bits per heavy atom. The van der Waals surface area contributed by atoms with Gasteiger partial charge in [-0.3, -0.25) is 0 Å². The number of rotatable bonds is 5. The molecule has 7 nitrogen and oxygen atoms in total. The van der Waals surface area contributed by atoms with Crippen molar-refractivity contribution in [3.63, 3.8) is 0 Å². The maximum absolute atomic E-state index is 8.65. The SMILES string of the molecule is CN(CCN1CCCC1)c1nccc(/C(N)=N/O)n1. The molecule has 0 radical (unpaired) electrons. The normalized spacial score (nSPS) is 16.8. The fourth-order valence-corrected chi connectivity index (χ4v) is 2.12. The molecule has 1 saturated heterocycles. The van der Waals surface area contributed by atoms with Gasteiger partial charge >= 0.3 is 0 Å². The van der Waals surface area contributed by atoms with Gasteiger partial charge in [0.1, 0.15) is 5.69 Å². The van der Waals surface area contributed by atoms with E-state index in [-0.39, 0.29) is 5.84 Å². The van der Waals surface area contributed by atoms with Gasteiger partial charge in [-0.1, -0.05) is 5.16 Å². The van der Waals surface area contributed by atoms with Gasteiger partial charge in [0.05, 0.1) is 0 Å². The number of amidine groups is 1. The summed E-state index contributed by atoms with van der Waals surface area (Å²) in [4.78, 5) is 12.9. The number of anilines is 1. The van der Waals surface area contributed by atoms with E-state index in [4.69, 9.17) is 10.9 Å². The van der Waals surface area contributed by atoms with Crippen LogP contribution in [0, 0.1) is 0 Å². The summed E-state index contributed by atoms with van der Waals surface area (Å²) in [5.74, 6) is 0.583. The van der Waals surface area contributed by atoms with Crippen LogP contribution in [0.3, 0.4) is 0 Å². The van der Waals surface area contributed by atoms with Crippen LogP contribution in [0.15, 0.2) is 17.4 Å². The topological polar surface area (TPSA) is 90.9 Å². The van der Waals surface area contributed by atoms with Gasteiger partial charge < -0.3 is 20.7 Å². The summed E-state index contributed by atoms with van der Waals surface area (Å²) in [6, 6.07) is 1.62. The molecule has 19 heavy (non-hydrogen) atoms. The first kappa shape index (κ1) is 13.5. The molecule has 0 unspecified atom stereocenters. The average Bonchev–Trinajstić information content (AvgIpc) is 2.97. The lowest BCUT2D eigenvalue weighted by atomic mass is 10.4. The van der Waals surface area contributed by atoms with Crippen LogP contribution >= 0.6 is 0 Å². The largest absolute Gasteiger partial charge is 0.409 e. The lowest BCUT2D eigenvalue weighted by molar-refractivity contribution is 0.318. The van der Waals surface area contributed by atoms with Gasteiger partial charge in [0.15, 0.2) is 5.84 Å². The van der Waals surface area contributed by atoms with E-state index in [1.807, 2.05) is 11.9 Å². The van der Waals surface area contributed by atoms with E-state index in [0.29, 0.717) is 11.6 Å². The molecule has 0 atom stereocenters. The Hall–Kier alpha value is -1.89. The number of likely N-dealkylation sites (tertiary alicyclic amines) is 1. The zero-order valence-electron chi connectivity index (χ0n) is 11.2. The first-order valence-electron chi connectivity index (χ1n) is 6.45. The van der Waals surface area contributed by atoms with Crippen LogP contribution in [0.1, 0.15) is 18.5 Å². The second kappa shape index (κ2) is 6.33. The molecule has 1 aromatic heterocycles. The van der Waals surface area contributed by atoms with Gasteiger partial charge in [-0.2, -0.15) is 0 Å². The number of hydrogen-bond donors (Lipinski definition) is 2. The molecule has 1 fully saturated rings. The van der Waals surface area contributed by atoms with Crippen molar-refractivity contribution in [3.8, 4) is 0 Å². The van der Waals surface area contributed by atoms with Crippen LogP contribution in [0.2, 0.25) is 0 Å². The molecule has 0 bridgehead atoms. The van der Waals surface area contributed by atoms with Gasteiger partial charge in [0.25, 0.3) is 0 Å². The van der Waals surface area contributed by atoms with E-state index in [0.717, 1.165) is 13.1 Å². The number of hydrogen-bond acceptors (Lipinski definition) is 6. The third-order valence-corrected chi connectivity index (χ3v) is 3.30. The quantitative estimate of drug-likeness (QED) is 0.339. The maximum Gasteiger partial charge on any atom is 0.225 e. The van der Waals surface area contributed by atoms with Crippen LogP contribution in [0.5, 0.6) is 0 Å². The molecule has 1 aromatic rings. The first-order chi connectivity index (χ1) is 9.20. The lowest BCUT2D eigenvalue weighted by Crippen LogP contribution is -2.32. The monoisotopic (exact) mass is 264 g/mol. The highest BCUT2D eigenvalue weighted by molar-refractivity contribution is 5.95. The predicted octanol–water partition coefficient (Wildman–Crippen LogP) is 0.103. The molecule has 7 heteroatoms. The van der Waals surface area contributed by atoms with Gasteiger partial charge in [-0.15, -0.1) is 0 Å². The molecule has 2 rings (SSSR count). The van der Waals surface area contributed by atoms with Crippen LogP contribution in [0.4, 0.5) is 5.95 Å². The smallest absolute Gasteiger partial charge is 0.225 e. The Morgan fingerprint density at radius 1 is 1.53 bits per heavy atom. The molecule has 1 aliphatic rings. The summed E-state index contributed by atoms with van der Waals surface area (Å²) in [6.07, 6.45) is 4.19. The van der Waals surface area contributed by atoms with E-state index in [1.54, 1.807) is 12.3 Å². The van der Waals surface area contributed by atoms with E-state index < -0.39 is 0 Å². The van der Waals surface area contributed by atoms with E-state index >= 15 is 0 Å². The van der Waals surface area contributed by atoms with Crippen molar-refractivity contribution in [3.05, 3.63) is 18.0 Å². The Labute approximate surface area is 112 Å². The zero-order valence-corrected chi connectivity index (χ0v) is 11.2. The van der Waals surface area contributed by atoms with Gasteiger partial charge in [0, 0.05) is 26.3 Å². The molecule has 0 aliphatic carbocycles.